The number of nitrogens with two attached hydrogens (primary N) is 1. The molecule has 2 amide bonds. The summed E-state index contributed by atoms with van der Waals surface area (Å²) in [7, 11) is -1.87. The maximum absolute atomic E-state index is 13.9. The SMILES string of the molecule is COC(=O)Nc1ccc(-c2cnc([C@@H]3C[C@H](C4CCN(S(C)(=O)=O)CC4)CN3C(=O)C3CCC(CN)CC3)[nH]2)cc1. The van der Waals surface area contributed by atoms with Gasteiger partial charge in [0.15, 0.2) is 0 Å². The van der Waals surface area contributed by atoms with Gasteiger partial charge in [-0.2, -0.15) is 0 Å². The van der Waals surface area contributed by atoms with Crippen LogP contribution in [0.1, 0.15) is 56.8 Å². The minimum Gasteiger partial charge on any atom is -0.453 e. The Bertz CT molecular complexity index is 1310. The molecule has 5 rings (SSSR count). The van der Waals surface area contributed by atoms with Gasteiger partial charge in [-0.1, -0.05) is 12.1 Å². The standard InChI is InChI=1S/C29H42N6O5S/c1-40-29(37)32-24-9-7-21(8-10-24)25-17-31-27(33-25)26-15-23(20-11-13-34(14-12-20)41(2,38)39)18-35(26)28(36)22-5-3-19(16-30)4-6-22/h7-10,17,19-20,22-23,26H,3-6,11-16,18,30H2,1-2H3,(H,31,33)(H,32,37)/t19?,22?,23-,26-/m0/s1. The number of amides is 2. The first kappa shape index (κ1) is 29.5. The van der Waals surface area contributed by atoms with Gasteiger partial charge in [-0.3, -0.25) is 10.1 Å². The number of rotatable bonds is 7. The zero-order valence-electron chi connectivity index (χ0n) is 23.9. The molecule has 2 saturated heterocycles. The van der Waals surface area contributed by atoms with Crippen molar-refractivity contribution < 1.29 is 22.7 Å². The maximum Gasteiger partial charge on any atom is 0.411 e. The van der Waals surface area contributed by atoms with Crippen molar-refractivity contribution in [1.82, 2.24) is 19.2 Å². The molecule has 3 heterocycles. The Hall–Kier alpha value is -2.96. The molecule has 41 heavy (non-hydrogen) atoms. The monoisotopic (exact) mass is 586 g/mol. The number of H-pyrrole nitrogens is 1. The molecule has 1 saturated carbocycles. The Kier molecular flexibility index (Phi) is 9.00. The maximum atomic E-state index is 13.9. The summed E-state index contributed by atoms with van der Waals surface area (Å²) in [4.78, 5) is 35.7. The molecule has 1 aromatic heterocycles. The van der Waals surface area contributed by atoms with E-state index in [9.17, 15) is 18.0 Å². The summed E-state index contributed by atoms with van der Waals surface area (Å²) in [5, 5.41) is 2.65. The predicted molar refractivity (Wildman–Crippen MR) is 156 cm³/mol. The molecule has 12 heteroatoms. The zero-order chi connectivity index (χ0) is 29.1. The fourth-order valence-electron chi connectivity index (χ4n) is 6.83. The molecule has 0 bridgehead atoms. The highest BCUT2D eigenvalue weighted by Crippen LogP contribution is 2.43. The number of carbonyl (C=O) groups excluding carboxylic acids is 2. The highest BCUT2D eigenvalue weighted by atomic mass is 32.2. The van der Waals surface area contributed by atoms with Crippen LogP contribution in [0.15, 0.2) is 30.5 Å². The van der Waals surface area contributed by atoms with E-state index in [1.807, 2.05) is 17.0 Å². The molecule has 2 aliphatic heterocycles. The van der Waals surface area contributed by atoms with Gasteiger partial charge in [0.05, 0.1) is 31.3 Å². The topological polar surface area (TPSA) is 151 Å². The molecule has 3 aliphatic rings. The van der Waals surface area contributed by atoms with Gasteiger partial charge in [-0.05, 0) is 86.9 Å². The summed E-state index contributed by atoms with van der Waals surface area (Å²) in [5.41, 5.74) is 8.28. The van der Waals surface area contributed by atoms with E-state index in [4.69, 9.17) is 10.7 Å². The number of ether oxygens (including phenoxy) is 1. The molecule has 1 aliphatic carbocycles. The summed E-state index contributed by atoms with van der Waals surface area (Å²) in [6, 6.07) is 7.24. The van der Waals surface area contributed by atoms with Gasteiger partial charge in [0, 0.05) is 31.2 Å². The first-order valence-electron chi connectivity index (χ1n) is 14.6. The van der Waals surface area contributed by atoms with Gasteiger partial charge in [-0.25, -0.2) is 22.5 Å². The normalized spacial score (nSPS) is 26.2. The van der Waals surface area contributed by atoms with Crippen molar-refractivity contribution in [2.75, 3.05) is 44.9 Å². The van der Waals surface area contributed by atoms with Crippen LogP contribution in [0.4, 0.5) is 10.5 Å². The van der Waals surface area contributed by atoms with E-state index >= 15 is 0 Å². The molecule has 224 valence electrons. The Morgan fingerprint density at radius 1 is 1.07 bits per heavy atom. The minimum atomic E-state index is -3.19. The number of anilines is 1. The molecule has 0 unspecified atom stereocenters. The number of carbonyl (C=O) groups is 2. The minimum absolute atomic E-state index is 0.00965. The zero-order valence-corrected chi connectivity index (χ0v) is 24.7. The highest BCUT2D eigenvalue weighted by molar-refractivity contribution is 7.88. The predicted octanol–water partition coefficient (Wildman–Crippen LogP) is 3.58. The summed E-state index contributed by atoms with van der Waals surface area (Å²) in [5.74, 6) is 2.15. The number of methoxy groups -OCH3 is 1. The number of nitrogens with one attached hydrogen (secondary N) is 2. The largest absolute Gasteiger partial charge is 0.453 e. The third-order valence-corrected chi connectivity index (χ3v) is 10.6. The van der Waals surface area contributed by atoms with Gasteiger partial charge in [0.25, 0.3) is 0 Å². The van der Waals surface area contributed by atoms with Crippen LogP contribution < -0.4 is 11.1 Å². The third kappa shape index (κ3) is 6.76. The van der Waals surface area contributed by atoms with Crippen molar-refractivity contribution in [2.24, 2.45) is 29.4 Å². The Labute approximate surface area is 242 Å². The molecule has 0 radical (unpaired) electrons. The molecule has 11 nitrogen and oxygen atoms in total. The van der Waals surface area contributed by atoms with Crippen molar-refractivity contribution in [3.8, 4) is 11.3 Å². The van der Waals surface area contributed by atoms with Crippen LogP contribution in [-0.4, -0.2) is 79.1 Å². The smallest absolute Gasteiger partial charge is 0.411 e. The van der Waals surface area contributed by atoms with E-state index in [1.54, 1.807) is 22.6 Å². The number of likely N-dealkylation sites (tertiary alicyclic amines) is 1. The second kappa shape index (κ2) is 12.5. The summed E-state index contributed by atoms with van der Waals surface area (Å²) in [6.07, 6.45) is 8.69. The summed E-state index contributed by atoms with van der Waals surface area (Å²) in [6.45, 7) is 2.42. The molecule has 3 fully saturated rings. The van der Waals surface area contributed by atoms with E-state index in [0.29, 0.717) is 49.6 Å². The van der Waals surface area contributed by atoms with Crippen LogP contribution in [0, 0.1) is 23.7 Å². The molecular weight excluding hydrogens is 544 g/mol. The fraction of sp³-hybridized carbons (Fsp3) is 0.621. The average molecular weight is 587 g/mol. The van der Waals surface area contributed by atoms with E-state index in [0.717, 1.165) is 62.0 Å². The molecule has 1 aromatic carbocycles. The van der Waals surface area contributed by atoms with Gasteiger partial charge >= 0.3 is 6.09 Å². The van der Waals surface area contributed by atoms with E-state index in [1.165, 1.54) is 13.4 Å². The lowest BCUT2D eigenvalue weighted by Crippen LogP contribution is -2.41. The summed E-state index contributed by atoms with van der Waals surface area (Å²) < 4.78 is 30.3. The second-order valence-corrected chi connectivity index (χ2v) is 13.8. The van der Waals surface area contributed by atoms with Crippen LogP contribution in [0.5, 0.6) is 0 Å². The number of aromatic amines is 1. The lowest BCUT2D eigenvalue weighted by atomic mass is 9.81. The van der Waals surface area contributed by atoms with Crippen LogP contribution in [0.2, 0.25) is 0 Å². The number of benzene rings is 1. The van der Waals surface area contributed by atoms with E-state index < -0.39 is 16.1 Å². The molecular formula is C29H42N6O5S. The van der Waals surface area contributed by atoms with Crippen molar-refractivity contribution in [3.63, 3.8) is 0 Å². The van der Waals surface area contributed by atoms with Gasteiger partial charge in [-0.15, -0.1) is 0 Å². The van der Waals surface area contributed by atoms with Crippen molar-refractivity contribution in [2.45, 2.75) is 51.0 Å². The Balaban J connectivity index is 1.33. The number of hydrogen-bond acceptors (Lipinski definition) is 7. The lowest BCUT2D eigenvalue weighted by molar-refractivity contribution is -0.138. The quantitative estimate of drug-likeness (QED) is 0.449. The molecule has 2 aromatic rings. The number of sulfonamides is 1. The number of hydrogen-bond donors (Lipinski definition) is 3. The van der Waals surface area contributed by atoms with Crippen molar-refractivity contribution in [1.29, 1.82) is 0 Å². The van der Waals surface area contributed by atoms with Crippen molar-refractivity contribution in [3.05, 3.63) is 36.3 Å². The Morgan fingerprint density at radius 2 is 1.76 bits per heavy atom. The van der Waals surface area contributed by atoms with Gasteiger partial charge in [0.1, 0.15) is 5.82 Å². The first-order chi connectivity index (χ1) is 19.7. The van der Waals surface area contributed by atoms with Gasteiger partial charge < -0.3 is 20.4 Å². The van der Waals surface area contributed by atoms with E-state index in [-0.39, 0.29) is 17.9 Å². The van der Waals surface area contributed by atoms with Gasteiger partial charge in [0.2, 0.25) is 15.9 Å². The first-order valence-corrected chi connectivity index (χ1v) is 16.5. The van der Waals surface area contributed by atoms with Crippen LogP contribution >= 0.6 is 0 Å². The second-order valence-electron chi connectivity index (χ2n) is 11.8. The lowest BCUT2D eigenvalue weighted by Gasteiger charge is -2.34. The fourth-order valence-corrected chi connectivity index (χ4v) is 7.70. The molecule has 4 N–H and O–H groups in total. The number of imidazole rings is 1. The number of aromatic nitrogens is 2. The van der Waals surface area contributed by atoms with Crippen LogP contribution in [0.3, 0.4) is 0 Å². The summed E-state index contributed by atoms with van der Waals surface area (Å²) >= 11 is 0. The van der Waals surface area contributed by atoms with Crippen LogP contribution in [-0.2, 0) is 19.6 Å². The molecule has 0 spiro atoms. The van der Waals surface area contributed by atoms with Crippen LogP contribution in [0.25, 0.3) is 11.3 Å². The average Bonchev–Trinajstić information content (AvgIpc) is 3.65. The molecule has 2 atom stereocenters. The number of piperidine rings is 1. The Morgan fingerprint density at radius 3 is 2.37 bits per heavy atom. The highest BCUT2D eigenvalue weighted by Gasteiger charge is 2.44. The van der Waals surface area contributed by atoms with E-state index in [2.05, 4.69) is 15.0 Å². The third-order valence-electron chi connectivity index (χ3n) is 9.32. The number of nitrogens with zero attached hydrogens (tertiary/aromatic N) is 3. The van der Waals surface area contributed by atoms with Crippen molar-refractivity contribution >= 4 is 27.7 Å².